The van der Waals surface area contributed by atoms with Crippen LogP contribution in [0.1, 0.15) is 17.5 Å². The summed E-state index contributed by atoms with van der Waals surface area (Å²) in [6.07, 6.45) is 0.880. The molecule has 4 nitrogen and oxygen atoms in total. The third-order valence-electron chi connectivity index (χ3n) is 3.56. The van der Waals surface area contributed by atoms with Gasteiger partial charge in [0.1, 0.15) is 6.04 Å². The number of amides is 1. The number of benzene rings is 2. The van der Waals surface area contributed by atoms with Crippen molar-refractivity contribution in [3.63, 3.8) is 0 Å². The lowest BCUT2D eigenvalue weighted by atomic mass is 10.0. The molecule has 0 aliphatic rings. The molecule has 0 saturated carbocycles. The minimum atomic E-state index is -1.10. The van der Waals surface area contributed by atoms with Gasteiger partial charge in [0.15, 0.2) is 0 Å². The van der Waals surface area contributed by atoms with E-state index in [-0.39, 0.29) is 18.7 Å². The zero-order chi connectivity index (χ0) is 17.5. The number of hydrogen-bond donors (Lipinski definition) is 2. The minimum Gasteiger partial charge on any atom is -0.480 e. The van der Waals surface area contributed by atoms with E-state index in [1.807, 2.05) is 30.3 Å². The Bertz CT molecular complexity index is 719. The molecule has 1 amide bonds. The molecule has 0 radical (unpaired) electrons. The molecule has 2 N–H and O–H groups in total. The number of nitrogens with one attached hydrogen (secondary N) is 1. The molecule has 0 unspecified atom stereocenters. The molecule has 2 aromatic rings. The Balaban J connectivity index is 1.95. The van der Waals surface area contributed by atoms with Crippen molar-refractivity contribution >= 4 is 35.1 Å². The highest BCUT2D eigenvalue weighted by Crippen LogP contribution is 2.22. The SMILES string of the molecule is O=C(CCc1ccccc1)N[C@@H](Cc1ccc(Cl)cc1Cl)C(=O)O. The standard InChI is InChI=1S/C18H17Cl2NO3/c19-14-8-7-13(15(20)11-14)10-16(18(23)24)21-17(22)9-6-12-4-2-1-3-5-12/h1-5,7-8,11,16H,6,9-10H2,(H,21,22)(H,23,24)/t16-/m0/s1. The molecule has 0 bridgehead atoms. The fraction of sp³-hybridized carbons (Fsp3) is 0.222. The van der Waals surface area contributed by atoms with Crippen LogP contribution in [0.25, 0.3) is 0 Å². The molecular formula is C18H17Cl2NO3. The van der Waals surface area contributed by atoms with Crippen molar-refractivity contribution in [3.05, 3.63) is 69.7 Å². The van der Waals surface area contributed by atoms with E-state index in [0.29, 0.717) is 22.0 Å². The molecule has 0 heterocycles. The van der Waals surface area contributed by atoms with Gasteiger partial charge in [-0.25, -0.2) is 4.79 Å². The molecule has 126 valence electrons. The Morgan fingerprint density at radius 2 is 1.79 bits per heavy atom. The second-order valence-corrected chi connectivity index (χ2v) is 6.23. The van der Waals surface area contributed by atoms with Crippen LogP contribution in [0.2, 0.25) is 10.0 Å². The predicted octanol–water partition coefficient (Wildman–Crippen LogP) is 3.74. The quantitative estimate of drug-likeness (QED) is 0.785. The van der Waals surface area contributed by atoms with Gasteiger partial charge in [-0.2, -0.15) is 0 Å². The van der Waals surface area contributed by atoms with Crippen molar-refractivity contribution in [2.24, 2.45) is 0 Å². The van der Waals surface area contributed by atoms with Gasteiger partial charge in [0.05, 0.1) is 0 Å². The fourth-order valence-corrected chi connectivity index (χ4v) is 2.76. The summed E-state index contributed by atoms with van der Waals surface area (Å²) in [5.74, 6) is -1.41. The van der Waals surface area contributed by atoms with Crippen molar-refractivity contribution in [1.82, 2.24) is 5.32 Å². The van der Waals surface area contributed by atoms with Crippen LogP contribution in [0.4, 0.5) is 0 Å². The van der Waals surface area contributed by atoms with Crippen LogP contribution in [-0.2, 0) is 22.4 Å². The smallest absolute Gasteiger partial charge is 0.326 e. The summed E-state index contributed by atoms with van der Waals surface area (Å²) in [4.78, 5) is 23.4. The molecular weight excluding hydrogens is 349 g/mol. The average molecular weight is 366 g/mol. The Kier molecular flexibility index (Phi) is 6.64. The first-order chi connectivity index (χ1) is 11.5. The average Bonchev–Trinajstić information content (AvgIpc) is 2.55. The van der Waals surface area contributed by atoms with Crippen LogP contribution in [0.5, 0.6) is 0 Å². The molecule has 0 aliphatic carbocycles. The molecule has 2 aromatic carbocycles. The van der Waals surface area contributed by atoms with Crippen molar-refractivity contribution in [2.75, 3.05) is 0 Å². The van der Waals surface area contributed by atoms with Crippen molar-refractivity contribution in [3.8, 4) is 0 Å². The maximum atomic E-state index is 12.0. The zero-order valence-electron chi connectivity index (χ0n) is 12.8. The summed E-state index contributed by atoms with van der Waals surface area (Å²) in [5, 5.41) is 12.7. The van der Waals surface area contributed by atoms with Gasteiger partial charge in [-0.1, -0.05) is 59.6 Å². The normalized spacial score (nSPS) is 11.8. The van der Waals surface area contributed by atoms with Gasteiger partial charge in [-0.15, -0.1) is 0 Å². The van der Waals surface area contributed by atoms with Crippen LogP contribution in [0.15, 0.2) is 48.5 Å². The Morgan fingerprint density at radius 3 is 2.42 bits per heavy atom. The first-order valence-electron chi connectivity index (χ1n) is 7.45. The Morgan fingerprint density at radius 1 is 1.08 bits per heavy atom. The van der Waals surface area contributed by atoms with Crippen LogP contribution in [-0.4, -0.2) is 23.0 Å². The number of carboxylic acid groups (broad SMARTS) is 1. The largest absolute Gasteiger partial charge is 0.480 e. The van der Waals surface area contributed by atoms with Gasteiger partial charge in [0.25, 0.3) is 0 Å². The van der Waals surface area contributed by atoms with E-state index in [1.54, 1.807) is 18.2 Å². The highest BCUT2D eigenvalue weighted by Gasteiger charge is 2.21. The maximum Gasteiger partial charge on any atom is 0.326 e. The lowest BCUT2D eigenvalue weighted by Gasteiger charge is -2.15. The molecule has 0 aliphatic heterocycles. The van der Waals surface area contributed by atoms with Crippen LogP contribution < -0.4 is 5.32 Å². The van der Waals surface area contributed by atoms with Crippen molar-refractivity contribution in [1.29, 1.82) is 0 Å². The first-order valence-corrected chi connectivity index (χ1v) is 8.21. The molecule has 0 fully saturated rings. The van der Waals surface area contributed by atoms with Gasteiger partial charge < -0.3 is 10.4 Å². The van der Waals surface area contributed by atoms with Crippen molar-refractivity contribution < 1.29 is 14.7 Å². The van der Waals surface area contributed by atoms with Crippen LogP contribution in [0, 0.1) is 0 Å². The second kappa shape index (κ2) is 8.71. The first kappa shape index (κ1) is 18.3. The fourth-order valence-electron chi connectivity index (χ4n) is 2.28. The summed E-state index contributed by atoms with van der Waals surface area (Å²) in [6, 6.07) is 13.4. The molecule has 0 spiro atoms. The number of rotatable bonds is 7. The molecule has 2 rings (SSSR count). The zero-order valence-corrected chi connectivity index (χ0v) is 14.3. The molecule has 0 aromatic heterocycles. The highest BCUT2D eigenvalue weighted by molar-refractivity contribution is 6.35. The van der Waals surface area contributed by atoms with Crippen molar-refractivity contribution in [2.45, 2.75) is 25.3 Å². The maximum absolute atomic E-state index is 12.0. The summed E-state index contributed by atoms with van der Waals surface area (Å²) in [6.45, 7) is 0. The molecule has 1 atom stereocenters. The summed E-state index contributed by atoms with van der Waals surface area (Å²) in [7, 11) is 0. The topological polar surface area (TPSA) is 66.4 Å². The second-order valence-electron chi connectivity index (χ2n) is 5.38. The van der Waals surface area contributed by atoms with Crippen LogP contribution in [0.3, 0.4) is 0 Å². The Labute approximate surface area is 150 Å². The van der Waals surface area contributed by atoms with E-state index in [2.05, 4.69) is 5.32 Å². The predicted molar refractivity (Wildman–Crippen MR) is 94.5 cm³/mol. The van der Waals surface area contributed by atoms with E-state index in [1.165, 1.54) is 0 Å². The van der Waals surface area contributed by atoms with E-state index >= 15 is 0 Å². The van der Waals surface area contributed by atoms with Gasteiger partial charge in [0.2, 0.25) is 5.91 Å². The van der Waals surface area contributed by atoms with E-state index in [0.717, 1.165) is 5.56 Å². The van der Waals surface area contributed by atoms with E-state index in [4.69, 9.17) is 23.2 Å². The number of aliphatic carboxylic acids is 1. The third kappa shape index (κ3) is 5.55. The number of carbonyl (C=O) groups is 2. The van der Waals surface area contributed by atoms with E-state index in [9.17, 15) is 14.7 Å². The van der Waals surface area contributed by atoms with Crippen LogP contribution >= 0.6 is 23.2 Å². The van der Waals surface area contributed by atoms with Gasteiger partial charge in [-0.3, -0.25) is 4.79 Å². The van der Waals surface area contributed by atoms with E-state index < -0.39 is 12.0 Å². The lowest BCUT2D eigenvalue weighted by Crippen LogP contribution is -2.42. The Hall–Kier alpha value is -2.04. The number of carboxylic acids is 1. The molecule has 24 heavy (non-hydrogen) atoms. The van der Waals surface area contributed by atoms with Gasteiger partial charge in [-0.05, 0) is 29.7 Å². The highest BCUT2D eigenvalue weighted by atomic mass is 35.5. The number of carbonyl (C=O) groups excluding carboxylic acids is 1. The molecule has 0 saturated heterocycles. The summed E-state index contributed by atoms with van der Waals surface area (Å²) in [5.41, 5.74) is 1.65. The number of halogens is 2. The summed E-state index contributed by atoms with van der Waals surface area (Å²) < 4.78 is 0. The third-order valence-corrected chi connectivity index (χ3v) is 4.14. The monoisotopic (exact) mass is 365 g/mol. The number of aryl methyl sites for hydroxylation is 1. The minimum absolute atomic E-state index is 0.0996. The molecule has 6 heteroatoms. The number of hydrogen-bond acceptors (Lipinski definition) is 2. The van der Waals surface area contributed by atoms with Gasteiger partial charge in [0, 0.05) is 22.9 Å². The van der Waals surface area contributed by atoms with Gasteiger partial charge >= 0.3 is 5.97 Å². The lowest BCUT2D eigenvalue weighted by molar-refractivity contribution is -0.141. The summed E-state index contributed by atoms with van der Waals surface area (Å²) >= 11 is 11.9.